The first-order valence-electron chi connectivity index (χ1n) is 11.6. The molecule has 38 heavy (non-hydrogen) atoms. The quantitative estimate of drug-likeness (QED) is 0.293. The second kappa shape index (κ2) is 12.0. The Labute approximate surface area is 220 Å². The fourth-order valence-electron chi connectivity index (χ4n) is 3.77. The molecule has 0 atom stereocenters. The van der Waals surface area contributed by atoms with Gasteiger partial charge in [-0.2, -0.15) is 0 Å². The van der Waals surface area contributed by atoms with Gasteiger partial charge >= 0.3 is 12.2 Å². The van der Waals surface area contributed by atoms with Crippen molar-refractivity contribution >= 4 is 33.6 Å². The molecule has 1 aliphatic heterocycles. The van der Waals surface area contributed by atoms with Crippen LogP contribution in [0.1, 0.15) is 0 Å². The fourth-order valence-corrected chi connectivity index (χ4v) is 5.06. The number of sulfonamides is 1. The lowest BCUT2D eigenvalue weighted by Gasteiger charge is -2.23. The molecule has 0 aromatic heterocycles. The molecule has 0 fully saturated rings. The van der Waals surface area contributed by atoms with Gasteiger partial charge in [-0.05, 0) is 47.5 Å². The molecule has 4 N–H and O–H groups in total. The predicted octanol–water partition coefficient (Wildman–Crippen LogP) is 4.68. The highest BCUT2D eigenvalue weighted by Crippen LogP contribution is 2.28. The van der Waals surface area contributed by atoms with Gasteiger partial charge in [-0.15, -0.1) is 0 Å². The van der Waals surface area contributed by atoms with E-state index in [1.807, 2.05) is 36.4 Å². The number of carbonyl (C=O) groups excluding carboxylic acids is 1. The lowest BCUT2D eigenvalue weighted by molar-refractivity contribution is 0.0542. The van der Waals surface area contributed by atoms with Gasteiger partial charge in [0.2, 0.25) is 0 Å². The number of carboxylic acid groups (broad SMARTS) is 1. The zero-order chi connectivity index (χ0) is 27.0. The Bertz CT molecular complexity index is 1450. The summed E-state index contributed by atoms with van der Waals surface area (Å²) in [4.78, 5) is 24.7. The molecule has 196 valence electrons. The van der Waals surface area contributed by atoms with Crippen LogP contribution in [0.15, 0.2) is 108 Å². The fraction of sp³-hybridized carbons (Fsp3) is 0.111. The first-order chi connectivity index (χ1) is 18.3. The van der Waals surface area contributed by atoms with Gasteiger partial charge in [-0.25, -0.2) is 18.0 Å². The first-order valence-corrected chi connectivity index (χ1v) is 13.1. The lowest BCUT2D eigenvalue weighted by Crippen LogP contribution is -2.34. The van der Waals surface area contributed by atoms with Gasteiger partial charge in [0.1, 0.15) is 0 Å². The summed E-state index contributed by atoms with van der Waals surface area (Å²) in [7, 11) is -3.87. The van der Waals surface area contributed by atoms with E-state index in [2.05, 4.69) is 20.1 Å². The summed E-state index contributed by atoms with van der Waals surface area (Å²) in [5.74, 6) is 0. The topological polar surface area (TPSA) is 137 Å². The number of carbonyl (C=O) groups is 2. The largest absolute Gasteiger partial charge is 0.507 e. The highest BCUT2D eigenvalue weighted by Gasteiger charge is 2.19. The number of hydrogen-bond acceptors (Lipinski definition) is 6. The van der Waals surface area contributed by atoms with Crippen molar-refractivity contribution in [2.75, 3.05) is 29.9 Å². The highest BCUT2D eigenvalue weighted by molar-refractivity contribution is 7.92. The number of nitrogens with one attached hydrogen (secondary N) is 3. The second-order valence-electron chi connectivity index (χ2n) is 8.31. The molecule has 0 saturated heterocycles. The van der Waals surface area contributed by atoms with Gasteiger partial charge in [0.25, 0.3) is 10.0 Å². The first kappa shape index (κ1) is 26.3. The van der Waals surface area contributed by atoms with Gasteiger partial charge in [0.05, 0.1) is 4.90 Å². The van der Waals surface area contributed by atoms with Crippen LogP contribution in [0.5, 0.6) is 0 Å². The van der Waals surface area contributed by atoms with E-state index >= 15 is 0 Å². The van der Waals surface area contributed by atoms with E-state index in [1.165, 1.54) is 0 Å². The van der Waals surface area contributed by atoms with Crippen LogP contribution in [0.3, 0.4) is 0 Å². The van der Waals surface area contributed by atoms with Crippen molar-refractivity contribution in [1.82, 2.24) is 10.2 Å². The average Bonchev–Trinajstić information content (AvgIpc) is 2.92. The Kier molecular flexibility index (Phi) is 8.29. The number of allylic oxidation sites excluding steroid dienone is 2. The SMILES string of the molecule is O=C(NCC1=CC=CN(COC(=O)O)C1)Nc1ccc(NS(=O)(=O)c2ccccc2-c2ccccc2)cc1. The third-order valence-electron chi connectivity index (χ3n) is 5.52. The van der Waals surface area contributed by atoms with E-state index in [9.17, 15) is 18.0 Å². The normalized spacial score (nSPS) is 12.8. The van der Waals surface area contributed by atoms with Gasteiger partial charge in [0, 0.05) is 36.2 Å². The van der Waals surface area contributed by atoms with Crippen LogP contribution in [-0.2, 0) is 14.8 Å². The van der Waals surface area contributed by atoms with E-state index in [4.69, 9.17) is 5.11 Å². The highest BCUT2D eigenvalue weighted by atomic mass is 32.2. The zero-order valence-corrected chi connectivity index (χ0v) is 21.0. The molecule has 3 aromatic carbocycles. The zero-order valence-electron chi connectivity index (χ0n) is 20.2. The van der Waals surface area contributed by atoms with Crippen LogP contribution < -0.4 is 15.4 Å². The summed E-state index contributed by atoms with van der Waals surface area (Å²) in [5.41, 5.74) is 3.07. The van der Waals surface area contributed by atoms with Crippen molar-refractivity contribution in [3.63, 3.8) is 0 Å². The summed E-state index contributed by atoms with van der Waals surface area (Å²) < 4.78 is 33.4. The Morgan fingerprint density at radius 2 is 1.61 bits per heavy atom. The standard InChI is InChI=1S/C27H26N4O6S/c32-26(28-17-20-7-6-16-31(18-20)19-37-27(33)34)29-22-12-14-23(15-13-22)30-38(35,36)25-11-5-4-10-24(25)21-8-2-1-3-9-21/h1-16,30H,17-19H2,(H,33,34)(H2,28,29,32). The summed E-state index contributed by atoms with van der Waals surface area (Å²) in [6.07, 6.45) is 3.90. The molecular weight excluding hydrogens is 508 g/mol. The number of anilines is 2. The third kappa shape index (κ3) is 7.14. The van der Waals surface area contributed by atoms with Gasteiger partial charge in [-0.1, -0.05) is 54.6 Å². The molecule has 0 unspecified atom stereocenters. The predicted molar refractivity (Wildman–Crippen MR) is 144 cm³/mol. The van der Waals surface area contributed by atoms with Gasteiger partial charge < -0.3 is 25.4 Å². The number of nitrogens with zero attached hydrogens (tertiary/aromatic N) is 1. The number of rotatable bonds is 9. The molecule has 11 heteroatoms. The van der Waals surface area contributed by atoms with Crippen LogP contribution in [0.25, 0.3) is 11.1 Å². The van der Waals surface area contributed by atoms with E-state index in [0.29, 0.717) is 23.5 Å². The maximum absolute atomic E-state index is 13.2. The molecular formula is C27H26N4O6S. The van der Waals surface area contributed by atoms with E-state index in [0.717, 1.165) is 11.1 Å². The average molecular weight is 535 g/mol. The van der Waals surface area contributed by atoms with Crippen molar-refractivity contribution in [2.24, 2.45) is 0 Å². The molecule has 10 nitrogen and oxygen atoms in total. The minimum absolute atomic E-state index is 0.108. The number of hydrogen-bond donors (Lipinski definition) is 4. The lowest BCUT2D eigenvalue weighted by atomic mass is 10.1. The van der Waals surface area contributed by atoms with Crippen molar-refractivity contribution in [3.05, 3.63) is 103 Å². The second-order valence-corrected chi connectivity index (χ2v) is 9.96. The molecule has 0 spiro atoms. The van der Waals surface area contributed by atoms with E-state index < -0.39 is 22.2 Å². The van der Waals surface area contributed by atoms with Gasteiger partial charge in [-0.3, -0.25) is 4.72 Å². The molecule has 0 bridgehead atoms. The van der Waals surface area contributed by atoms with Crippen LogP contribution in [0.2, 0.25) is 0 Å². The third-order valence-corrected chi connectivity index (χ3v) is 6.96. The van der Waals surface area contributed by atoms with Crippen molar-refractivity contribution in [2.45, 2.75) is 4.90 Å². The number of amides is 2. The molecule has 4 rings (SSSR count). The maximum atomic E-state index is 13.2. The minimum atomic E-state index is -3.87. The van der Waals surface area contributed by atoms with Gasteiger partial charge in [0.15, 0.2) is 6.73 Å². The monoisotopic (exact) mass is 534 g/mol. The number of urea groups is 1. The molecule has 3 aromatic rings. The van der Waals surface area contributed by atoms with Crippen molar-refractivity contribution in [3.8, 4) is 11.1 Å². The Morgan fingerprint density at radius 3 is 2.34 bits per heavy atom. The number of benzene rings is 3. The molecule has 0 aliphatic carbocycles. The summed E-state index contributed by atoms with van der Waals surface area (Å²) >= 11 is 0. The summed E-state index contributed by atoms with van der Waals surface area (Å²) in [6.45, 7) is 0.550. The molecule has 1 heterocycles. The Morgan fingerprint density at radius 1 is 0.921 bits per heavy atom. The minimum Gasteiger partial charge on any atom is -0.450 e. The number of ether oxygens (including phenoxy) is 1. The summed E-state index contributed by atoms with van der Waals surface area (Å²) in [5, 5.41) is 14.1. The Balaban J connectivity index is 1.32. The van der Waals surface area contributed by atoms with Crippen molar-refractivity contribution in [1.29, 1.82) is 0 Å². The maximum Gasteiger partial charge on any atom is 0.507 e. The molecule has 0 radical (unpaired) electrons. The molecule has 2 amide bonds. The summed E-state index contributed by atoms with van der Waals surface area (Å²) in [6, 6.07) is 21.9. The van der Waals surface area contributed by atoms with Crippen LogP contribution in [-0.4, -0.2) is 50.4 Å². The van der Waals surface area contributed by atoms with Crippen LogP contribution in [0.4, 0.5) is 21.0 Å². The van der Waals surface area contributed by atoms with E-state index in [-0.39, 0.29) is 18.2 Å². The smallest absolute Gasteiger partial charge is 0.450 e. The van der Waals surface area contributed by atoms with Crippen LogP contribution in [0, 0.1) is 0 Å². The molecule has 1 aliphatic rings. The van der Waals surface area contributed by atoms with Crippen molar-refractivity contribution < 1.29 is 27.9 Å². The molecule has 0 saturated carbocycles. The Hall–Kier alpha value is -4.77. The van der Waals surface area contributed by atoms with E-state index in [1.54, 1.807) is 65.7 Å². The van der Waals surface area contributed by atoms with Crippen LogP contribution >= 0.6 is 0 Å².